The van der Waals surface area contributed by atoms with Crippen LogP contribution in [-0.2, 0) is 4.79 Å². The summed E-state index contributed by atoms with van der Waals surface area (Å²) in [5.41, 5.74) is 6.26. The number of rotatable bonds is 3. The minimum absolute atomic E-state index is 0.00353. The van der Waals surface area contributed by atoms with Crippen molar-refractivity contribution in [3.05, 3.63) is 0 Å². The molecule has 2 atom stereocenters. The highest BCUT2D eigenvalue weighted by Gasteiger charge is 2.34. The largest absolute Gasteiger partial charge is 0.342 e. The maximum Gasteiger partial charge on any atom is 0.224 e. The summed E-state index contributed by atoms with van der Waals surface area (Å²) in [6.07, 6.45) is 1.63. The Morgan fingerprint density at radius 2 is 2.00 bits per heavy atom. The van der Waals surface area contributed by atoms with Gasteiger partial charge in [-0.3, -0.25) is 4.79 Å². The molecule has 1 rings (SSSR count). The van der Waals surface area contributed by atoms with Crippen LogP contribution in [0.25, 0.3) is 0 Å². The third kappa shape index (κ3) is 3.98. The molecule has 0 aromatic carbocycles. The molecule has 0 spiro atoms. The maximum absolute atomic E-state index is 12.1. The molecule has 0 bridgehead atoms. The van der Waals surface area contributed by atoms with Crippen LogP contribution in [-0.4, -0.2) is 29.9 Å². The van der Waals surface area contributed by atoms with Crippen molar-refractivity contribution in [3.63, 3.8) is 0 Å². The Labute approximate surface area is 106 Å². The predicted octanol–water partition coefficient (Wildman–Crippen LogP) is 2.25. The molecule has 3 nitrogen and oxygen atoms in total. The Kier molecular flexibility index (Phi) is 4.59. The van der Waals surface area contributed by atoms with Gasteiger partial charge in [0.1, 0.15) is 0 Å². The van der Waals surface area contributed by atoms with Crippen molar-refractivity contribution < 1.29 is 4.79 Å². The van der Waals surface area contributed by atoms with Crippen LogP contribution in [0.15, 0.2) is 0 Å². The molecule has 1 fully saturated rings. The van der Waals surface area contributed by atoms with Crippen LogP contribution in [0.4, 0.5) is 0 Å². The molecular formula is C14H28N2O. The third-order valence-electron chi connectivity index (χ3n) is 4.03. The van der Waals surface area contributed by atoms with Gasteiger partial charge in [0, 0.05) is 25.6 Å². The summed E-state index contributed by atoms with van der Waals surface area (Å²) in [7, 11) is 0. The maximum atomic E-state index is 12.1. The molecule has 1 heterocycles. The lowest BCUT2D eigenvalue weighted by Gasteiger charge is -2.27. The normalized spacial score (nSPS) is 23.2. The smallest absolute Gasteiger partial charge is 0.224 e. The van der Waals surface area contributed by atoms with Gasteiger partial charge in [0.25, 0.3) is 0 Å². The van der Waals surface area contributed by atoms with Gasteiger partial charge >= 0.3 is 0 Å². The van der Waals surface area contributed by atoms with E-state index in [9.17, 15) is 4.79 Å². The minimum atomic E-state index is -0.00353. The van der Waals surface area contributed by atoms with E-state index < -0.39 is 0 Å². The topological polar surface area (TPSA) is 46.3 Å². The van der Waals surface area contributed by atoms with E-state index in [1.807, 2.05) is 4.90 Å². The molecule has 1 saturated heterocycles. The van der Waals surface area contributed by atoms with Crippen LogP contribution >= 0.6 is 0 Å². The number of likely N-dealkylation sites (tertiary alicyclic amines) is 1. The summed E-state index contributed by atoms with van der Waals surface area (Å²) >= 11 is 0. The van der Waals surface area contributed by atoms with Crippen molar-refractivity contribution in [3.8, 4) is 0 Å². The van der Waals surface area contributed by atoms with Crippen LogP contribution in [0.3, 0.4) is 0 Å². The average Bonchev–Trinajstić information content (AvgIpc) is 2.65. The fourth-order valence-corrected chi connectivity index (χ4v) is 2.26. The number of hydrogen-bond donors (Lipinski definition) is 1. The van der Waals surface area contributed by atoms with Gasteiger partial charge in [0.15, 0.2) is 0 Å². The van der Waals surface area contributed by atoms with Gasteiger partial charge < -0.3 is 10.6 Å². The number of nitrogens with zero attached hydrogens (tertiary/aromatic N) is 1. The zero-order chi connectivity index (χ0) is 13.2. The van der Waals surface area contributed by atoms with Crippen LogP contribution in [0.5, 0.6) is 0 Å². The van der Waals surface area contributed by atoms with E-state index in [4.69, 9.17) is 5.73 Å². The fourth-order valence-electron chi connectivity index (χ4n) is 2.26. The van der Waals surface area contributed by atoms with E-state index in [2.05, 4.69) is 34.6 Å². The second kappa shape index (κ2) is 5.38. The lowest BCUT2D eigenvalue weighted by atomic mass is 9.80. The first kappa shape index (κ1) is 14.5. The van der Waals surface area contributed by atoms with Gasteiger partial charge in [-0.1, -0.05) is 34.6 Å². The summed E-state index contributed by atoms with van der Waals surface area (Å²) in [6, 6.07) is -0.00353. The summed E-state index contributed by atoms with van der Waals surface area (Å²) in [4.78, 5) is 14.1. The van der Waals surface area contributed by atoms with E-state index in [1.54, 1.807) is 0 Å². The monoisotopic (exact) mass is 240 g/mol. The van der Waals surface area contributed by atoms with Crippen molar-refractivity contribution in [1.82, 2.24) is 4.90 Å². The van der Waals surface area contributed by atoms with Crippen molar-refractivity contribution in [2.75, 3.05) is 13.1 Å². The van der Waals surface area contributed by atoms with Gasteiger partial charge in [-0.15, -0.1) is 0 Å². The highest BCUT2D eigenvalue weighted by molar-refractivity contribution is 5.77. The highest BCUT2D eigenvalue weighted by Crippen LogP contribution is 2.33. The molecule has 0 radical (unpaired) electrons. The number of amides is 1. The highest BCUT2D eigenvalue weighted by atomic mass is 16.2. The quantitative estimate of drug-likeness (QED) is 0.822. The van der Waals surface area contributed by atoms with Gasteiger partial charge in [0.2, 0.25) is 5.91 Å². The van der Waals surface area contributed by atoms with Crippen molar-refractivity contribution in [1.29, 1.82) is 0 Å². The van der Waals surface area contributed by atoms with E-state index in [1.165, 1.54) is 0 Å². The lowest BCUT2D eigenvalue weighted by Crippen LogP contribution is -2.37. The van der Waals surface area contributed by atoms with E-state index in [0.717, 1.165) is 19.5 Å². The molecule has 1 aliphatic rings. The number of carbonyl (C=O) groups is 1. The number of nitrogens with two attached hydrogens (primary N) is 1. The zero-order valence-electron chi connectivity index (χ0n) is 12.0. The summed E-state index contributed by atoms with van der Waals surface area (Å²) in [5.74, 6) is 1.24. The molecule has 0 aromatic heterocycles. The van der Waals surface area contributed by atoms with Gasteiger partial charge in [-0.05, 0) is 23.7 Å². The van der Waals surface area contributed by atoms with Crippen molar-refractivity contribution in [2.45, 2.75) is 53.5 Å². The first-order valence-electron chi connectivity index (χ1n) is 6.75. The summed E-state index contributed by atoms with van der Waals surface area (Å²) in [6.45, 7) is 12.7. The first-order valence-corrected chi connectivity index (χ1v) is 6.75. The fraction of sp³-hybridized carbons (Fsp3) is 0.929. The average molecular weight is 240 g/mol. The molecule has 100 valence electrons. The standard InChI is InChI=1S/C14H28N2O/c1-10(2)12(15)8-13(17)16-7-6-11(9-16)14(3,4)5/h10-12H,6-9,15H2,1-5H3. The molecule has 2 N–H and O–H groups in total. The molecular weight excluding hydrogens is 212 g/mol. The number of carbonyl (C=O) groups excluding carboxylic acids is 1. The van der Waals surface area contributed by atoms with E-state index >= 15 is 0 Å². The Hall–Kier alpha value is -0.570. The molecule has 1 amide bonds. The van der Waals surface area contributed by atoms with Crippen molar-refractivity contribution in [2.24, 2.45) is 23.0 Å². The Morgan fingerprint density at radius 3 is 2.41 bits per heavy atom. The third-order valence-corrected chi connectivity index (χ3v) is 4.03. The number of hydrogen-bond acceptors (Lipinski definition) is 2. The van der Waals surface area contributed by atoms with Crippen molar-refractivity contribution >= 4 is 5.91 Å². The second-order valence-electron chi connectivity index (χ2n) is 6.80. The first-order chi connectivity index (χ1) is 7.71. The lowest BCUT2D eigenvalue weighted by molar-refractivity contribution is -0.131. The second-order valence-corrected chi connectivity index (χ2v) is 6.80. The van der Waals surface area contributed by atoms with Gasteiger partial charge in [-0.2, -0.15) is 0 Å². The Balaban J connectivity index is 2.46. The van der Waals surface area contributed by atoms with Gasteiger partial charge in [-0.25, -0.2) is 0 Å². The molecule has 17 heavy (non-hydrogen) atoms. The Bertz CT molecular complexity index is 268. The molecule has 0 saturated carbocycles. The van der Waals surface area contributed by atoms with E-state index in [0.29, 0.717) is 23.7 Å². The molecule has 1 aliphatic heterocycles. The van der Waals surface area contributed by atoms with Crippen LogP contribution in [0.2, 0.25) is 0 Å². The van der Waals surface area contributed by atoms with Gasteiger partial charge in [0.05, 0.1) is 0 Å². The Morgan fingerprint density at radius 1 is 1.41 bits per heavy atom. The summed E-state index contributed by atoms with van der Waals surface area (Å²) in [5, 5.41) is 0. The molecule has 2 unspecified atom stereocenters. The molecule has 3 heteroatoms. The minimum Gasteiger partial charge on any atom is -0.342 e. The van der Waals surface area contributed by atoms with E-state index in [-0.39, 0.29) is 11.9 Å². The van der Waals surface area contributed by atoms with Crippen LogP contribution in [0, 0.1) is 17.3 Å². The van der Waals surface area contributed by atoms with Crippen LogP contribution < -0.4 is 5.73 Å². The van der Waals surface area contributed by atoms with Crippen LogP contribution in [0.1, 0.15) is 47.5 Å². The summed E-state index contributed by atoms with van der Waals surface area (Å²) < 4.78 is 0. The zero-order valence-corrected chi connectivity index (χ0v) is 12.0. The molecule has 0 aromatic rings. The predicted molar refractivity (Wildman–Crippen MR) is 71.6 cm³/mol. The SMILES string of the molecule is CC(C)C(N)CC(=O)N1CCC(C(C)(C)C)C1. The molecule has 0 aliphatic carbocycles.